The van der Waals surface area contributed by atoms with Crippen molar-refractivity contribution in [3.63, 3.8) is 0 Å². The standard InChI is InChI=1S/C17H27NO/c1-3-15(14-9-5-6-10-16(14)19)18-13-17(2)11-7-4-8-12-17/h5-6,9-10,15,18-19H,3-4,7-8,11-13H2,1-2H3. The minimum Gasteiger partial charge on any atom is -0.508 e. The maximum Gasteiger partial charge on any atom is 0.120 e. The first-order chi connectivity index (χ1) is 9.14. The van der Waals surface area contributed by atoms with Crippen LogP contribution in [0.1, 0.15) is 64.0 Å². The average molecular weight is 261 g/mol. The molecule has 1 unspecified atom stereocenters. The van der Waals surface area contributed by atoms with Crippen molar-refractivity contribution in [2.75, 3.05) is 6.54 Å². The largest absolute Gasteiger partial charge is 0.508 e. The van der Waals surface area contributed by atoms with Gasteiger partial charge in [0.05, 0.1) is 0 Å². The molecule has 1 aliphatic rings. The molecule has 19 heavy (non-hydrogen) atoms. The van der Waals surface area contributed by atoms with Crippen LogP contribution in [-0.2, 0) is 0 Å². The van der Waals surface area contributed by atoms with Gasteiger partial charge in [0.1, 0.15) is 5.75 Å². The van der Waals surface area contributed by atoms with Crippen LogP contribution >= 0.6 is 0 Å². The molecular formula is C17H27NO. The summed E-state index contributed by atoms with van der Waals surface area (Å²) in [4.78, 5) is 0. The molecule has 2 heteroatoms. The summed E-state index contributed by atoms with van der Waals surface area (Å²) in [6.07, 6.45) is 7.80. The third-order valence-electron chi connectivity index (χ3n) is 4.56. The first-order valence-corrected chi connectivity index (χ1v) is 7.66. The zero-order valence-electron chi connectivity index (χ0n) is 12.3. The maximum atomic E-state index is 9.97. The normalized spacial score (nSPS) is 20.1. The summed E-state index contributed by atoms with van der Waals surface area (Å²) in [5, 5.41) is 13.6. The highest BCUT2D eigenvalue weighted by Crippen LogP contribution is 2.36. The van der Waals surface area contributed by atoms with Crippen LogP contribution in [0, 0.1) is 5.41 Å². The number of aromatic hydroxyl groups is 1. The van der Waals surface area contributed by atoms with Crippen molar-refractivity contribution in [2.45, 2.75) is 58.4 Å². The van der Waals surface area contributed by atoms with Crippen molar-refractivity contribution in [2.24, 2.45) is 5.41 Å². The molecule has 0 bridgehead atoms. The average Bonchev–Trinajstić information content (AvgIpc) is 2.42. The topological polar surface area (TPSA) is 32.3 Å². The van der Waals surface area contributed by atoms with Gasteiger partial charge in [-0.25, -0.2) is 0 Å². The van der Waals surface area contributed by atoms with E-state index in [0.717, 1.165) is 18.5 Å². The quantitative estimate of drug-likeness (QED) is 0.823. The Hall–Kier alpha value is -1.02. The van der Waals surface area contributed by atoms with Crippen molar-refractivity contribution in [3.05, 3.63) is 29.8 Å². The summed E-state index contributed by atoms with van der Waals surface area (Å²) in [6.45, 7) is 5.63. The Kier molecular flexibility index (Phi) is 4.87. The Labute approximate surface area is 117 Å². The molecule has 0 radical (unpaired) electrons. The fourth-order valence-electron chi connectivity index (χ4n) is 3.21. The van der Waals surface area contributed by atoms with Gasteiger partial charge in [0.15, 0.2) is 0 Å². The molecule has 0 amide bonds. The van der Waals surface area contributed by atoms with Gasteiger partial charge in [0.2, 0.25) is 0 Å². The predicted octanol–water partition coefficient (Wildman–Crippen LogP) is 4.40. The molecule has 2 N–H and O–H groups in total. The van der Waals surface area contributed by atoms with Crippen LogP contribution in [0.4, 0.5) is 0 Å². The lowest BCUT2D eigenvalue weighted by atomic mass is 9.75. The molecule has 1 fully saturated rings. The number of phenols is 1. The van der Waals surface area contributed by atoms with Crippen molar-refractivity contribution >= 4 is 0 Å². The van der Waals surface area contributed by atoms with E-state index in [-0.39, 0.29) is 6.04 Å². The van der Waals surface area contributed by atoms with E-state index >= 15 is 0 Å². The highest BCUT2D eigenvalue weighted by atomic mass is 16.3. The van der Waals surface area contributed by atoms with Gasteiger partial charge in [0.25, 0.3) is 0 Å². The molecule has 1 aliphatic carbocycles. The summed E-state index contributed by atoms with van der Waals surface area (Å²) >= 11 is 0. The molecule has 2 nitrogen and oxygen atoms in total. The third-order valence-corrected chi connectivity index (χ3v) is 4.56. The molecule has 1 atom stereocenters. The molecule has 0 aliphatic heterocycles. The highest BCUT2D eigenvalue weighted by molar-refractivity contribution is 5.34. The van der Waals surface area contributed by atoms with Crippen LogP contribution in [0.2, 0.25) is 0 Å². The minimum atomic E-state index is 0.264. The lowest BCUT2D eigenvalue weighted by Gasteiger charge is -2.35. The number of rotatable bonds is 5. The Morgan fingerprint density at radius 2 is 1.89 bits per heavy atom. The van der Waals surface area contributed by atoms with E-state index in [9.17, 15) is 5.11 Å². The van der Waals surface area contributed by atoms with E-state index in [1.54, 1.807) is 6.07 Å². The number of hydrogen-bond donors (Lipinski definition) is 2. The molecule has 0 aromatic heterocycles. The minimum absolute atomic E-state index is 0.264. The first kappa shape index (κ1) is 14.4. The zero-order valence-corrected chi connectivity index (χ0v) is 12.3. The van der Waals surface area contributed by atoms with Gasteiger partial charge in [0, 0.05) is 18.2 Å². The molecule has 1 saturated carbocycles. The van der Waals surface area contributed by atoms with E-state index in [2.05, 4.69) is 19.2 Å². The number of phenolic OH excluding ortho intramolecular Hbond substituents is 1. The van der Waals surface area contributed by atoms with E-state index in [1.165, 1.54) is 32.1 Å². The molecule has 0 heterocycles. The van der Waals surface area contributed by atoms with Crippen LogP contribution < -0.4 is 5.32 Å². The Morgan fingerprint density at radius 1 is 1.21 bits per heavy atom. The molecule has 0 saturated heterocycles. The first-order valence-electron chi connectivity index (χ1n) is 7.66. The van der Waals surface area contributed by atoms with E-state index in [1.807, 2.05) is 18.2 Å². The fourth-order valence-corrected chi connectivity index (χ4v) is 3.21. The van der Waals surface area contributed by atoms with Gasteiger partial charge in [-0.3, -0.25) is 0 Å². The fraction of sp³-hybridized carbons (Fsp3) is 0.647. The lowest BCUT2D eigenvalue weighted by molar-refractivity contribution is 0.199. The van der Waals surface area contributed by atoms with Crippen LogP contribution in [0.15, 0.2) is 24.3 Å². The SMILES string of the molecule is CCC(NCC1(C)CCCCC1)c1ccccc1O. The monoisotopic (exact) mass is 261 g/mol. The number of hydrogen-bond acceptors (Lipinski definition) is 2. The van der Waals surface area contributed by atoms with Gasteiger partial charge in [-0.1, -0.05) is 51.3 Å². The number of nitrogens with one attached hydrogen (secondary N) is 1. The van der Waals surface area contributed by atoms with E-state index in [0.29, 0.717) is 11.2 Å². The highest BCUT2D eigenvalue weighted by Gasteiger charge is 2.27. The summed E-state index contributed by atoms with van der Waals surface area (Å²) in [5.74, 6) is 0.413. The van der Waals surface area contributed by atoms with Gasteiger partial charge in [-0.2, -0.15) is 0 Å². The molecule has 1 aromatic carbocycles. The molecule has 106 valence electrons. The summed E-state index contributed by atoms with van der Waals surface area (Å²) in [6, 6.07) is 7.96. The van der Waals surface area contributed by atoms with Gasteiger partial charge in [-0.15, -0.1) is 0 Å². The lowest BCUT2D eigenvalue weighted by Crippen LogP contribution is -2.35. The van der Waals surface area contributed by atoms with Crippen LogP contribution in [-0.4, -0.2) is 11.7 Å². The van der Waals surface area contributed by atoms with Crippen molar-refractivity contribution in [1.82, 2.24) is 5.32 Å². The Morgan fingerprint density at radius 3 is 2.53 bits per heavy atom. The molecule has 2 rings (SSSR count). The zero-order chi connectivity index (χ0) is 13.7. The van der Waals surface area contributed by atoms with Crippen LogP contribution in [0.25, 0.3) is 0 Å². The second-order valence-corrected chi connectivity index (χ2v) is 6.27. The predicted molar refractivity (Wildman–Crippen MR) is 80.3 cm³/mol. The van der Waals surface area contributed by atoms with Gasteiger partial charge < -0.3 is 10.4 Å². The van der Waals surface area contributed by atoms with E-state index in [4.69, 9.17) is 0 Å². The van der Waals surface area contributed by atoms with Crippen molar-refractivity contribution < 1.29 is 5.11 Å². The van der Waals surface area contributed by atoms with Crippen LogP contribution in [0.3, 0.4) is 0 Å². The number of benzene rings is 1. The summed E-state index contributed by atoms with van der Waals surface area (Å²) in [5.41, 5.74) is 1.47. The van der Waals surface area contributed by atoms with Gasteiger partial charge >= 0.3 is 0 Å². The van der Waals surface area contributed by atoms with Crippen molar-refractivity contribution in [3.8, 4) is 5.75 Å². The second kappa shape index (κ2) is 6.42. The Balaban J connectivity index is 1.98. The molecule has 1 aromatic rings. The summed E-state index contributed by atoms with van der Waals surface area (Å²) in [7, 11) is 0. The number of para-hydroxylation sites is 1. The summed E-state index contributed by atoms with van der Waals surface area (Å²) < 4.78 is 0. The molecule has 0 spiro atoms. The third kappa shape index (κ3) is 3.73. The maximum absolute atomic E-state index is 9.97. The van der Waals surface area contributed by atoms with Gasteiger partial charge in [-0.05, 0) is 30.7 Å². The Bertz CT molecular complexity index is 396. The van der Waals surface area contributed by atoms with E-state index < -0.39 is 0 Å². The smallest absolute Gasteiger partial charge is 0.120 e. The molecular weight excluding hydrogens is 234 g/mol. The van der Waals surface area contributed by atoms with Crippen molar-refractivity contribution in [1.29, 1.82) is 0 Å². The van der Waals surface area contributed by atoms with Crippen LogP contribution in [0.5, 0.6) is 5.75 Å². The second-order valence-electron chi connectivity index (χ2n) is 6.27.